The number of para-hydroxylation sites is 1. The maximum Gasteiger partial charge on any atom is 0.220 e. The fraction of sp³-hybridized carbons (Fsp3) is 0.444. The number of methoxy groups -OCH3 is 1. The predicted molar refractivity (Wildman–Crippen MR) is 90.6 cm³/mol. The number of piperidine rings is 1. The Hall–Kier alpha value is -2.34. The lowest BCUT2D eigenvalue weighted by Gasteiger charge is -2.39. The van der Waals surface area contributed by atoms with Crippen molar-refractivity contribution >= 4 is 5.91 Å². The molecule has 6 heteroatoms. The number of carbonyl (C=O) groups excluding carboxylic acids is 1. The number of hydrogen-bond acceptors (Lipinski definition) is 5. The minimum atomic E-state index is -0.284. The van der Waals surface area contributed by atoms with Gasteiger partial charge in [-0.1, -0.05) is 12.1 Å². The van der Waals surface area contributed by atoms with E-state index < -0.39 is 0 Å². The van der Waals surface area contributed by atoms with Gasteiger partial charge in [-0.2, -0.15) is 0 Å². The zero-order valence-corrected chi connectivity index (χ0v) is 14.3. The molecule has 2 heterocycles. The van der Waals surface area contributed by atoms with Crippen molar-refractivity contribution < 1.29 is 13.9 Å². The molecular weight excluding hydrogens is 306 g/mol. The zero-order chi connectivity index (χ0) is 17.2. The van der Waals surface area contributed by atoms with Gasteiger partial charge in [0, 0.05) is 18.0 Å². The van der Waals surface area contributed by atoms with Crippen LogP contribution in [-0.2, 0) is 11.3 Å². The number of benzene rings is 1. The third-order valence-electron chi connectivity index (χ3n) is 4.42. The Bertz CT molecular complexity index is 724. The molecule has 2 aromatic rings. The monoisotopic (exact) mass is 329 g/mol. The lowest BCUT2D eigenvalue weighted by atomic mass is 9.87. The highest BCUT2D eigenvalue weighted by Crippen LogP contribution is 2.30. The topological polar surface area (TPSA) is 76.4 Å². The number of nitrogens with zero attached hydrogens (tertiary/aromatic N) is 1. The van der Waals surface area contributed by atoms with Crippen molar-refractivity contribution in [1.82, 2.24) is 15.6 Å². The van der Waals surface area contributed by atoms with Crippen LogP contribution in [0.2, 0.25) is 0 Å². The molecule has 6 nitrogen and oxygen atoms in total. The number of rotatable bonds is 5. The van der Waals surface area contributed by atoms with Crippen LogP contribution in [0.3, 0.4) is 0 Å². The van der Waals surface area contributed by atoms with Crippen molar-refractivity contribution in [2.75, 3.05) is 7.11 Å². The van der Waals surface area contributed by atoms with Gasteiger partial charge in [-0.25, -0.2) is 4.98 Å². The van der Waals surface area contributed by atoms with E-state index in [1.54, 1.807) is 13.3 Å². The van der Waals surface area contributed by atoms with Crippen molar-refractivity contribution in [3.63, 3.8) is 0 Å². The van der Waals surface area contributed by atoms with E-state index in [1.807, 2.05) is 38.1 Å². The smallest absolute Gasteiger partial charge is 0.220 e. The standard InChI is InChI=1S/C18H23N3O3/c1-18(2)15(8-9-16(22)21-18)19-11-17-20-10-14(24-17)12-6-4-5-7-13(12)23-3/h4-7,10,15,19H,8-9,11H2,1-3H3,(H,21,22). The van der Waals surface area contributed by atoms with Gasteiger partial charge in [0.2, 0.25) is 11.8 Å². The van der Waals surface area contributed by atoms with E-state index in [1.165, 1.54) is 0 Å². The molecule has 3 rings (SSSR count). The van der Waals surface area contributed by atoms with E-state index in [0.717, 1.165) is 17.7 Å². The zero-order valence-electron chi connectivity index (χ0n) is 14.3. The van der Waals surface area contributed by atoms with Crippen LogP contribution in [0.25, 0.3) is 11.3 Å². The number of amides is 1. The van der Waals surface area contributed by atoms with Crippen LogP contribution in [0, 0.1) is 0 Å². The highest BCUT2D eigenvalue weighted by molar-refractivity contribution is 5.77. The molecule has 1 fully saturated rings. The summed E-state index contributed by atoms with van der Waals surface area (Å²) in [6.45, 7) is 4.56. The second-order valence-electron chi connectivity index (χ2n) is 6.56. The van der Waals surface area contributed by atoms with Gasteiger partial charge in [0.05, 0.1) is 25.4 Å². The first kappa shape index (κ1) is 16.5. The summed E-state index contributed by atoms with van der Waals surface area (Å²) in [5, 5.41) is 6.46. The van der Waals surface area contributed by atoms with Crippen LogP contribution in [0.15, 0.2) is 34.9 Å². The van der Waals surface area contributed by atoms with E-state index >= 15 is 0 Å². The van der Waals surface area contributed by atoms with Gasteiger partial charge in [0.25, 0.3) is 0 Å². The van der Waals surface area contributed by atoms with Crippen LogP contribution >= 0.6 is 0 Å². The molecule has 2 N–H and O–H groups in total. The molecule has 0 bridgehead atoms. The maximum absolute atomic E-state index is 11.5. The number of carbonyl (C=O) groups is 1. The molecule has 24 heavy (non-hydrogen) atoms. The Labute approximate surface area is 141 Å². The summed E-state index contributed by atoms with van der Waals surface area (Å²) in [5.41, 5.74) is 0.594. The van der Waals surface area contributed by atoms with Crippen molar-refractivity contribution in [2.45, 2.75) is 44.8 Å². The number of hydrogen-bond donors (Lipinski definition) is 2. The first-order valence-corrected chi connectivity index (χ1v) is 8.12. The Morgan fingerprint density at radius 3 is 2.96 bits per heavy atom. The predicted octanol–water partition coefficient (Wildman–Crippen LogP) is 2.50. The molecule has 1 aromatic heterocycles. The summed E-state index contributed by atoms with van der Waals surface area (Å²) in [6, 6.07) is 7.86. The van der Waals surface area contributed by atoms with Gasteiger partial charge >= 0.3 is 0 Å². The van der Waals surface area contributed by atoms with E-state index in [9.17, 15) is 4.79 Å². The van der Waals surface area contributed by atoms with E-state index in [4.69, 9.17) is 9.15 Å². The molecule has 1 amide bonds. The molecule has 0 saturated carbocycles. The Kier molecular flexibility index (Phi) is 4.57. The van der Waals surface area contributed by atoms with Crippen LogP contribution in [-0.4, -0.2) is 29.6 Å². The lowest BCUT2D eigenvalue weighted by Crippen LogP contribution is -2.60. The van der Waals surface area contributed by atoms with Crippen molar-refractivity contribution in [3.05, 3.63) is 36.4 Å². The molecule has 0 spiro atoms. The second-order valence-corrected chi connectivity index (χ2v) is 6.56. The SMILES string of the molecule is COc1ccccc1-c1cnc(CNC2CCC(=O)NC2(C)C)o1. The number of ether oxygens (including phenoxy) is 1. The Morgan fingerprint density at radius 1 is 1.42 bits per heavy atom. The molecule has 0 aliphatic carbocycles. The minimum Gasteiger partial charge on any atom is -0.496 e. The molecule has 128 valence electrons. The third kappa shape index (κ3) is 3.43. The van der Waals surface area contributed by atoms with Gasteiger partial charge in [-0.05, 0) is 32.4 Å². The molecule has 1 unspecified atom stereocenters. The highest BCUT2D eigenvalue weighted by Gasteiger charge is 2.35. The lowest BCUT2D eigenvalue weighted by molar-refractivity contribution is -0.125. The van der Waals surface area contributed by atoms with Crippen molar-refractivity contribution in [3.8, 4) is 17.1 Å². The normalized spacial score (nSPS) is 19.8. The van der Waals surface area contributed by atoms with Crippen LogP contribution in [0.4, 0.5) is 0 Å². The van der Waals surface area contributed by atoms with Crippen LogP contribution < -0.4 is 15.4 Å². The van der Waals surface area contributed by atoms with Crippen molar-refractivity contribution in [1.29, 1.82) is 0 Å². The van der Waals surface area contributed by atoms with E-state index in [2.05, 4.69) is 15.6 Å². The van der Waals surface area contributed by atoms with Crippen molar-refractivity contribution in [2.24, 2.45) is 0 Å². The van der Waals surface area contributed by atoms with Crippen LogP contribution in [0.1, 0.15) is 32.6 Å². The first-order valence-electron chi connectivity index (χ1n) is 8.12. The molecule has 1 saturated heterocycles. The summed E-state index contributed by atoms with van der Waals surface area (Å²) in [4.78, 5) is 15.9. The van der Waals surface area contributed by atoms with Gasteiger partial charge in [-0.15, -0.1) is 0 Å². The fourth-order valence-electron chi connectivity index (χ4n) is 3.08. The molecule has 1 aromatic carbocycles. The first-order chi connectivity index (χ1) is 11.5. The van der Waals surface area contributed by atoms with Gasteiger partial charge < -0.3 is 19.8 Å². The van der Waals surface area contributed by atoms with Crippen LogP contribution in [0.5, 0.6) is 5.75 Å². The molecule has 0 radical (unpaired) electrons. The average Bonchev–Trinajstić information content (AvgIpc) is 3.02. The fourth-order valence-corrected chi connectivity index (χ4v) is 3.08. The Morgan fingerprint density at radius 2 is 2.21 bits per heavy atom. The largest absolute Gasteiger partial charge is 0.496 e. The number of nitrogens with one attached hydrogen (secondary N) is 2. The highest BCUT2D eigenvalue weighted by atomic mass is 16.5. The minimum absolute atomic E-state index is 0.104. The molecular formula is C18H23N3O3. The molecule has 1 aliphatic heterocycles. The quantitative estimate of drug-likeness (QED) is 0.881. The molecule has 1 aliphatic rings. The maximum atomic E-state index is 11.5. The average molecular weight is 329 g/mol. The summed E-state index contributed by atoms with van der Waals surface area (Å²) in [6.07, 6.45) is 3.06. The summed E-state index contributed by atoms with van der Waals surface area (Å²) < 4.78 is 11.2. The van der Waals surface area contributed by atoms with Gasteiger partial charge in [0.15, 0.2) is 5.76 Å². The third-order valence-corrected chi connectivity index (χ3v) is 4.42. The van der Waals surface area contributed by atoms with Gasteiger partial charge in [-0.3, -0.25) is 4.79 Å². The summed E-state index contributed by atoms with van der Waals surface area (Å²) in [5.74, 6) is 2.15. The number of oxazole rings is 1. The Balaban J connectivity index is 1.67. The van der Waals surface area contributed by atoms with E-state index in [0.29, 0.717) is 24.6 Å². The van der Waals surface area contributed by atoms with Gasteiger partial charge in [0.1, 0.15) is 5.75 Å². The molecule has 1 atom stereocenters. The van der Waals surface area contributed by atoms with E-state index in [-0.39, 0.29) is 17.5 Å². The number of aromatic nitrogens is 1. The summed E-state index contributed by atoms with van der Waals surface area (Å²) in [7, 11) is 1.64. The second kappa shape index (κ2) is 6.65. The summed E-state index contributed by atoms with van der Waals surface area (Å²) >= 11 is 0.